The molecule has 2 fully saturated rings. The molecule has 4 rings (SSSR count). The van der Waals surface area contributed by atoms with E-state index in [-0.39, 0.29) is 24.0 Å². The van der Waals surface area contributed by atoms with Gasteiger partial charge >= 0.3 is 0 Å². The molecule has 2 saturated heterocycles. The number of amides is 2. The molecule has 0 bridgehead atoms. The van der Waals surface area contributed by atoms with Crippen LogP contribution < -0.4 is 14.5 Å². The van der Waals surface area contributed by atoms with Crippen LogP contribution in [0.1, 0.15) is 12.8 Å². The van der Waals surface area contributed by atoms with Crippen LogP contribution in [0.4, 0.5) is 17.1 Å². The van der Waals surface area contributed by atoms with Gasteiger partial charge in [0.15, 0.2) is 0 Å². The summed E-state index contributed by atoms with van der Waals surface area (Å²) in [4.78, 5) is 26.6. The van der Waals surface area contributed by atoms with E-state index in [1.54, 1.807) is 29.2 Å². The summed E-state index contributed by atoms with van der Waals surface area (Å²) in [6.45, 7) is 0.776. The third kappa shape index (κ3) is 3.60. The van der Waals surface area contributed by atoms with E-state index in [4.69, 9.17) is 0 Å². The van der Waals surface area contributed by atoms with Crippen LogP contribution in [-0.4, -0.2) is 39.1 Å². The Hall–Kier alpha value is -2.87. The maximum absolute atomic E-state index is 12.7. The maximum atomic E-state index is 12.7. The fourth-order valence-corrected chi connectivity index (χ4v) is 5.21. The molecule has 1 unspecified atom stereocenters. The van der Waals surface area contributed by atoms with Gasteiger partial charge in [-0.3, -0.25) is 13.9 Å². The van der Waals surface area contributed by atoms with Crippen molar-refractivity contribution in [2.45, 2.75) is 12.8 Å². The first-order valence-electron chi connectivity index (χ1n) is 9.21. The molecule has 0 saturated carbocycles. The SMILES string of the molecule is O=C(Nc1cccc(N2CCCS2(=O)=O)c1)C1CC(=O)N(c2ccccc2)C1. The van der Waals surface area contributed by atoms with Gasteiger partial charge in [0.25, 0.3) is 0 Å². The highest BCUT2D eigenvalue weighted by Crippen LogP contribution is 2.28. The zero-order valence-corrected chi connectivity index (χ0v) is 16.1. The molecular weight excluding hydrogens is 378 g/mol. The number of nitrogens with zero attached hydrogens (tertiary/aromatic N) is 2. The summed E-state index contributed by atoms with van der Waals surface area (Å²) in [6.07, 6.45) is 0.749. The molecule has 146 valence electrons. The number of hydrogen-bond acceptors (Lipinski definition) is 4. The predicted octanol–water partition coefficient (Wildman–Crippen LogP) is 2.22. The van der Waals surface area contributed by atoms with Crippen LogP contribution in [-0.2, 0) is 19.6 Å². The van der Waals surface area contributed by atoms with Crippen LogP contribution in [0.15, 0.2) is 54.6 Å². The lowest BCUT2D eigenvalue weighted by Crippen LogP contribution is -2.28. The summed E-state index contributed by atoms with van der Waals surface area (Å²) in [5, 5.41) is 2.83. The molecule has 2 aromatic carbocycles. The zero-order valence-electron chi connectivity index (χ0n) is 15.2. The van der Waals surface area contributed by atoms with Gasteiger partial charge < -0.3 is 10.2 Å². The van der Waals surface area contributed by atoms with Crippen LogP contribution in [0.25, 0.3) is 0 Å². The fraction of sp³-hybridized carbons (Fsp3) is 0.300. The van der Waals surface area contributed by atoms with Gasteiger partial charge in [0.05, 0.1) is 17.4 Å². The molecule has 1 atom stereocenters. The van der Waals surface area contributed by atoms with Gasteiger partial charge in [-0.25, -0.2) is 8.42 Å². The Morgan fingerprint density at radius 2 is 1.79 bits per heavy atom. The van der Waals surface area contributed by atoms with Crippen molar-refractivity contribution in [3.63, 3.8) is 0 Å². The zero-order chi connectivity index (χ0) is 19.7. The quantitative estimate of drug-likeness (QED) is 0.854. The van der Waals surface area contributed by atoms with Crippen molar-refractivity contribution >= 4 is 38.9 Å². The van der Waals surface area contributed by atoms with Crippen molar-refractivity contribution in [3.05, 3.63) is 54.6 Å². The van der Waals surface area contributed by atoms with Gasteiger partial charge in [-0.1, -0.05) is 24.3 Å². The third-order valence-corrected chi connectivity index (χ3v) is 6.93. The van der Waals surface area contributed by atoms with Gasteiger partial charge in [-0.2, -0.15) is 0 Å². The summed E-state index contributed by atoms with van der Waals surface area (Å²) in [7, 11) is -3.28. The molecule has 2 heterocycles. The molecule has 0 aromatic heterocycles. The number of benzene rings is 2. The van der Waals surface area contributed by atoms with Gasteiger partial charge in [0.1, 0.15) is 0 Å². The van der Waals surface area contributed by atoms with Crippen LogP contribution in [0, 0.1) is 5.92 Å². The summed E-state index contributed by atoms with van der Waals surface area (Å²) in [5.41, 5.74) is 1.85. The second kappa shape index (κ2) is 7.27. The molecule has 8 heteroatoms. The Bertz CT molecular complexity index is 1010. The van der Waals surface area contributed by atoms with E-state index in [0.717, 1.165) is 5.69 Å². The van der Waals surface area contributed by atoms with Crippen LogP contribution in [0.5, 0.6) is 0 Å². The molecule has 0 radical (unpaired) electrons. The molecule has 0 aliphatic carbocycles. The fourth-order valence-electron chi connectivity index (χ4n) is 3.65. The standard InChI is InChI=1S/C20H21N3O4S/c24-19-12-15(14-22(19)17-7-2-1-3-8-17)20(25)21-16-6-4-9-18(13-16)23-10-5-11-28(23,26)27/h1-4,6-9,13,15H,5,10-12,14H2,(H,21,25). The number of nitrogens with one attached hydrogen (secondary N) is 1. The number of rotatable bonds is 4. The van der Waals surface area contributed by atoms with E-state index in [0.29, 0.717) is 30.9 Å². The van der Waals surface area contributed by atoms with Crippen molar-refractivity contribution in [2.24, 2.45) is 5.92 Å². The highest BCUT2D eigenvalue weighted by atomic mass is 32.2. The second-order valence-corrected chi connectivity index (χ2v) is 9.04. The Morgan fingerprint density at radius 3 is 2.50 bits per heavy atom. The smallest absolute Gasteiger partial charge is 0.235 e. The summed E-state index contributed by atoms with van der Waals surface area (Å²) in [5.74, 6) is -0.633. The number of carbonyl (C=O) groups excluding carboxylic acids is 2. The number of sulfonamides is 1. The predicted molar refractivity (Wildman–Crippen MR) is 108 cm³/mol. The minimum atomic E-state index is -3.28. The maximum Gasteiger partial charge on any atom is 0.235 e. The van der Waals surface area contributed by atoms with Crippen molar-refractivity contribution < 1.29 is 18.0 Å². The van der Waals surface area contributed by atoms with Crippen LogP contribution in [0.3, 0.4) is 0 Å². The molecule has 2 aliphatic heterocycles. The van der Waals surface area contributed by atoms with Gasteiger partial charge in [-0.05, 0) is 36.8 Å². The highest BCUT2D eigenvalue weighted by molar-refractivity contribution is 7.93. The Balaban J connectivity index is 1.46. The lowest BCUT2D eigenvalue weighted by atomic mass is 10.1. The summed E-state index contributed by atoms with van der Waals surface area (Å²) in [6, 6.07) is 16.1. The molecular formula is C20H21N3O4S. The molecule has 1 N–H and O–H groups in total. The Labute approximate surface area is 164 Å². The van der Waals surface area contributed by atoms with E-state index in [2.05, 4.69) is 5.32 Å². The molecule has 0 spiro atoms. The summed E-state index contributed by atoms with van der Waals surface area (Å²) < 4.78 is 25.6. The Morgan fingerprint density at radius 1 is 1.04 bits per heavy atom. The number of carbonyl (C=O) groups is 2. The van der Waals surface area contributed by atoms with E-state index in [1.165, 1.54) is 4.31 Å². The highest BCUT2D eigenvalue weighted by Gasteiger charge is 2.35. The second-order valence-electron chi connectivity index (χ2n) is 7.02. The lowest BCUT2D eigenvalue weighted by molar-refractivity contribution is -0.122. The largest absolute Gasteiger partial charge is 0.326 e. The minimum Gasteiger partial charge on any atom is -0.326 e. The van der Waals surface area contributed by atoms with Crippen LogP contribution >= 0.6 is 0 Å². The number of anilines is 3. The molecule has 2 aliphatic rings. The average molecular weight is 399 g/mol. The lowest BCUT2D eigenvalue weighted by Gasteiger charge is -2.18. The van der Waals surface area contributed by atoms with E-state index >= 15 is 0 Å². The van der Waals surface area contributed by atoms with Gasteiger partial charge in [0, 0.05) is 30.9 Å². The van der Waals surface area contributed by atoms with Crippen molar-refractivity contribution in [2.75, 3.05) is 33.4 Å². The Kier molecular flexibility index (Phi) is 4.80. The van der Waals surface area contributed by atoms with E-state index in [1.807, 2.05) is 30.3 Å². The van der Waals surface area contributed by atoms with Gasteiger partial charge in [0.2, 0.25) is 21.8 Å². The summed E-state index contributed by atoms with van der Waals surface area (Å²) >= 11 is 0. The van der Waals surface area contributed by atoms with Crippen LogP contribution in [0.2, 0.25) is 0 Å². The molecule has 28 heavy (non-hydrogen) atoms. The first kappa shape index (κ1) is 18.5. The first-order chi connectivity index (χ1) is 13.4. The topological polar surface area (TPSA) is 86.8 Å². The number of hydrogen-bond donors (Lipinski definition) is 1. The normalized spacial score (nSPS) is 21.1. The average Bonchev–Trinajstić information content (AvgIpc) is 3.24. The first-order valence-corrected chi connectivity index (χ1v) is 10.8. The monoisotopic (exact) mass is 399 g/mol. The number of para-hydroxylation sites is 1. The van der Waals surface area contributed by atoms with E-state index < -0.39 is 15.9 Å². The van der Waals surface area contributed by atoms with Crippen molar-refractivity contribution in [1.82, 2.24) is 0 Å². The molecule has 7 nitrogen and oxygen atoms in total. The van der Waals surface area contributed by atoms with E-state index in [9.17, 15) is 18.0 Å². The molecule has 2 amide bonds. The van der Waals surface area contributed by atoms with Crippen molar-refractivity contribution in [1.29, 1.82) is 0 Å². The minimum absolute atomic E-state index is 0.0803. The van der Waals surface area contributed by atoms with Crippen molar-refractivity contribution in [3.8, 4) is 0 Å². The third-order valence-electron chi connectivity index (χ3n) is 5.06. The molecule has 2 aromatic rings. The van der Waals surface area contributed by atoms with Gasteiger partial charge in [-0.15, -0.1) is 0 Å².